The van der Waals surface area contributed by atoms with Gasteiger partial charge in [0.15, 0.2) is 5.79 Å². The van der Waals surface area contributed by atoms with Gasteiger partial charge in [0.1, 0.15) is 18.3 Å². The second-order valence-electron chi connectivity index (χ2n) is 11.1. The molecule has 2 rings (SSSR count). The fourth-order valence-corrected chi connectivity index (χ4v) is 4.04. The molecule has 1 aliphatic heterocycles. The Morgan fingerprint density at radius 3 is 2.37 bits per heavy atom. The van der Waals surface area contributed by atoms with Crippen LogP contribution < -0.4 is 0 Å². The first kappa shape index (κ1) is 29.3. The minimum Gasteiger partial charge on any atom is -0.460 e. The van der Waals surface area contributed by atoms with E-state index in [4.69, 9.17) is 23.7 Å². The highest BCUT2D eigenvalue weighted by molar-refractivity contribution is 5.75. The van der Waals surface area contributed by atoms with Crippen molar-refractivity contribution in [1.82, 2.24) is 0 Å². The largest absolute Gasteiger partial charge is 0.460 e. The van der Waals surface area contributed by atoms with Gasteiger partial charge in [-0.05, 0) is 65.4 Å². The zero-order chi connectivity index (χ0) is 26.1. The lowest BCUT2D eigenvalue weighted by Gasteiger charge is -2.28. The van der Waals surface area contributed by atoms with E-state index in [0.717, 1.165) is 18.4 Å². The SMILES string of the molecule is CC(=O)O[C@@H](COCc1ccccc1)C[C@@H](C)CCC[C@H](OC(=O)C(C)(C)C)[C@H]1COC(C)(C)O1. The molecule has 0 spiro atoms. The molecule has 1 fully saturated rings. The van der Waals surface area contributed by atoms with Gasteiger partial charge in [-0.15, -0.1) is 0 Å². The van der Waals surface area contributed by atoms with Crippen LogP contribution in [0.15, 0.2) is 30.3 Å². The normalized spacial score (nSPS) is 20.1. The average molecular weight is 493 g/mol. The fraction of sp³-hybridized carbons (Fsp3) is 0.714. The highest BCUT2D eigenvalue weighted by Gasteiger charge is 2.40. The molecule has 0 radical (unpaired) electrons. The van der Waals surface area contributed by atoms with Gasteiger partial charge in [0.25, 0.3) is 0 Å². The number of hydrogen-bond acceptors (Lipinski definition) is 7. The maximum Gasteiger partial charge on any atom is 0.311 e. The summed E-state index contributed by atoms with van der Waals surface area (Å²) in [5.74, 6) is -0.924. The molecule has 0 amide bonds. The molecule has 1 saturated heterocycles. The first-order valence-corrected chi connectivity index (χ1v) is 12.7. The molecule has 7 nitrogen and oxygen atoms in total. The first-order chi connectivity index (χ1) is 16.4. The van der Waals surface area contributed by atoms with E-state index in [1.165, 1.54) is 6.92 Å². The van der Waals surface area contributed by atoms with E-state index in [1.54, 1.807) is 0 Å². The van der Waals surface area contributed by atoms with Crippen molar-refractivity contribution in [2.45, 2.75) is 105 Å². The first-order valence-electron chi connectivity index (χ1n) is 12.7. The quantitative estimate of drug-likeness (QED) is 0.339. The minimum atomic E-state index is -0.679. The van der Waals surface area contributed by atoms with Crippen LogP contribution in [0.3, 0.4) is 0 Å². The second-order valence-corrected chi connectivity index (χ2v) is 11.1. The van der Waals surface area contributed by atoms with E-state index in [-0.39, 0.29) is 30.3 Å². The number of rotatable bonds is 13. The zero-order valence-corrected chi connectivity index (χ0v) is 22.5. The molecule has 198 valence electrons. The Hall–Kier alpha value is -1.96. The number of carbonyl (C=O) groups excluding carboxylic acids is 2. The maximum atomic E-state index is 12.6. The topological polar surface area (TPSA) is 80.3 Å². The van der Waals surface area contributed by atoms with Gasteiger partial charge in [-0.25, -0.2) is 0 Å². The Bertz CT molecular complexity index is 784. The molecule has 1 aromatic rings. The van der Waals surface area contributed by atoms with Crippen molar-refractivity contribution in [3.8, 4) is 0 Å². The molecular formula is C28H44O7. The fourth-order valence-electron chi connectivity index (χ4n) is 4.04. The van der Waals surface area contributed by atoms with Crippen molar-refractivity contribution in [1.29, 1.82) is 0 Å². The summed E-state index contributed by atoms with van der Waals surface area (Å²) in [6.45, 7) is 14.1. The second kappa shape index (κ2) is 13.4. The van der Waals surface area contributed by atoms with E-state index in [0.29, 0.717) is 38.6 Å². The zero-order valence-electron chi connectivity index (χ0n) is 22.5. The predicted molar refractivity (Wildman–Crippen MR) is 134 cm³/mol. The molecule has 1 aromatic carbocycles. The summed E-state index contributed by atoms with van der Waals surface area (Å²) < 4.78 is 28.9. The van der Waals surface area contributed by atoms with Crippen molar-refractivity contribution >= 4 is 11.9 Å². The molecular weight excluding hydrogens is 448 g/mol. The summed E-state index contributed by atoms with van der Waals surface area (Å²) in [4.78, 5) is 24.2. The van der Waals surface area contributed by atoms with E-state index in [1.807, 2.05) is 65.0 Å². The smallest absolute Gasteiger partial charge is 0.311 e. The van der Waals surface area contributed by atoms with Gasteiger partial charge in [-0.2, -0.15) is 0 Å². The van der Waals surface area contributed by atoms with Gasteiger partial charge in [0, 0.05) is 6.92 Å². The Labute approximate surface area is 210 Å². The maximum absolute atomic E-state index is 12.6. The van der Waals surface area contributed by atoms with Crippen molar-refractivity contribution in [2.24, 2.45) is 11.3 Å². The number of carbonyl (C=O) groups is 2. The van der Waals surface area contributed by atoms with Crippen LogP contribution in [0.25, 0.3) is 0 Å². The average Bonchev–Trinajstić information content (AvgIpc) is 3.12. The van der Waals surface area contributed by atoms with Gasteiger partial charge in [-0.1, -0.05) is 43.7 Å². The van der Waals surface area contributed by atoms with Crippen molar-refractivity contribution < 1.29 is 33.3 Å². The van der Waals surface area contributed by atoms with Crippen molar-refractivity contribution in [3.63, 3.8) is 0 Å². The van der Waals surface area contributed by atoms with Gasteiger partial charge >= 0.3 is 11.9 Å². The molecule has 0 saturated carbocycles. The summed E-state index contributed by atoms with van der Waals surface area (Å²) in [6, 6.07) is 9.92. The van der Waals surface area contributed by atoms with Crippen LogP contribution in [0.4, 0.5) is 0 Å². The lowest BCUT2D eigenvalue weighted by Crippen LogP contribution is -2.38. The van der Waals surface area contributed by atoms with Crippen molar-refractivity contribution in [3.05, 3.63) is 35.9 Å². The van der Waals surface area contributed by atoms with Gasteiger partial charge in [-0.3, -0.25) is 9.59 Å². The molecule has 0 unspecified atom stereocenters. The molecule has 1 heterocycles. The van der Waals surface area contributed by atoms with E-state index < -0.39 is 11.2 Å². The van der Waals surface area contributed by atoms with Crippen LogP contribution in [0.5, 0.6) is 0 Å². The third-order valence-electron chi connectivity index (χ3n) is 5.91. The van der Waals surface area contributed by atoms with Gasteiger partial charge < -0.3 is 23.7 Å². The summed E-state index contributed by atoms with van der Waals surface area (Å²) in [6.07, 6.45) is 2.18. The van der Waals surface area contributed by atoms with Crippen LogP contribution in [0.1, 0.15) is 79.7 Å². The number of hydrogen-bond donors (Lipinski definition) is 0. The third-order valence-corrected chi connectivity index (χ3v) is 5.91. The highest BCUT2D eigenvalue weighted by Crippen LogP contribution is 2.30. The lowest BCUT2D eigenvalue weighted by atomic mass is 9.94. The van der Waals surface area contributed by atoms with Gasteiger partial charge in [0.05, 0.1) is 25.2 Å². The summed E-state index contributed by atoms with van der Waals surface area (Å²) in [5.41, 5.74) is 0.497. The molecule has 4 atom stereocenters. The molecule has 0 aliphatic carbocycles. The van der Waals surface area contributed by atoms with E-state index in [2.05, 4.69) is 6.92 Å². The summed E-state index contributed by atoms with van der Waals surface area (Å²) in [5, 5.41) is 0. The van der Waals surface area contributed by atoms with E-state index in [9.17, 15) is 9.59 Å². The Morgan fingerprint density at radius 1 is 1.11 bits per heavy atom. The predicted octanol–water partition coefficient (Wildman–Crippen LogP) is 5.44. The summed E-state index contributed by atoms with van der Waals surface area (Å²) >= 11 is 0. The standard InChI is InChI=1S/C28H44O7/c1-20(16-23(33-21(2)29)18-31-17-22-13-9-8-10-14-22)12-11-15-24(34-26(30)27(3,4)5)25-19-32-28(6,7)35-25/h8-10,13-14,20,23-25H,11-12,15-19H2,1-7H3/t20-,23+,24-,25+/m0/s1. The lowest BCUT2D eigenvalue weighted by molar-refractivity contribution is -0.177. The Kier molecular flexibility index (Phi) is 11.2. The summed E-state index contributed by atoms with van der Waals surface area (Å²) in [7, 11) is 0. The van der Waals surface area contributed by atoms with Crippen LogP contribution in [-0.2, 0) is 39.9 Å². The molecule has 35 heavy (non-hydrogen) atoms. The number of ether oxygens (including phenoxy) is 5. The van der Waals surface area contributed by atoms with Crippen LogP contribution in [-0.4, -0.2) is 49.3 Å². The van der Waals surface area contributed by atoms with Crippen LogP contribution >= 0.6 is 0 Å². The van der Waals surface area contributed by atoms with Crippen molar-refractivity contribution in [2.75, 3.05) is 13.2 Å². The highest BCUT2D eigenvalue weighted by atomic mass is 16.8. The van der Waals surface area contributed by atoms with Crippen LogP contribution in [0.2, 0.25) is 0 Å². The van der Waals surface area contributed by atoms with Gasteiger partial charge in [0.2, 0.25) is 0 Å². The monoisotopic (exact) mass is 492 g/mol. The Balaban J connectivity index is 1.85. The Morgan fingerprint density at radius 2 is 1.80 bits per heavy atom. The number of esters is 2. The van der Waals surface area contributed by atoms with Crippen LogP contribution in [0, 0.1) is 11.3 Å². The number of benzene rings is 1. The molecule has 7 heteroatoms. The molecule has 0 bridgehead atoms. The molecule has 0 aromatic heterocycles. The van der Waals surface area contributed by atoms with E-state index >= 15 is 0 Å². The molecule has 1 aliphatic rings. The molecule has 0 N–H and O–H groups in total. The minimum absolute atomic E-state index is 0.241. The third kappa shape index (κ3) is 11.1.